The van der Waals surface area contributed by atoms with E-state index in [1.54, 1.807) is 36.4 Å². The highest BCUT2D eigenvalue weighted by Crippen LogP contribution is 2.27. The van der Waals surface area contributed by atoms with Crippen molar-refractivity contribution < 1.29 is 22.9 Å². The van der Waals surface area contributed by atoms with E-state index in [1.807, 2.05) is 25.7 Å². The molecule has 11 nitrogen and oxygen atoms in total. The Bertz CT molecular complexity index is 1530. The first-order chi connectivity index (χ1) is 19.1. The maximum Gasteiger partial charge on any atom is 0.270 e. The second-order valence-corrected chi connectivity index (χ2v) is 11.3. The van der Waals surface area contributed by atoms with Gasteiger partial charge in [0, 0.05) is 36.5 Å². The number of non-ortho nitro benzene ring substituents is 1. The minimum atomic E-state index is -4.08. The first-order valence-electron chi connectivity index (χ1n) is 12.7. The molecule has 0 bridgehead atoms. The number of ether oxygens (including phenoxy) is 1. The van der Waals surface area contributed by atoms with Gasteiger partial charge in [0.05, 0.1) is 34.9 Å². The van der Waals surface area contributed by atoms with Gasteiger partial charge in [-0.1, -0.05) is 23.8 Å². The second kappa shape index (κ2) is 12.3. The Labute approximate surface area is 233 Å². The van der Waals surface area contributed by atoms with Crippen LogP contribution in [0, 0.1) is 30.9 Å². The summed E-state index contributed by atoms with van der Waals surface area (Å²) in [6.07, 6.45) is 1.32. The van der Waals surface area contributed by atoms with Crippen molar-refractivity contribution in [3.05, 3.63) is 93.0 Å². The van der Waals surface area contributed by atoms with Gasteiger partial charge in [0.2, 0.25) is 0 Å². The molecule has 210 valence electrons. The minimum absolute atomic E-state index is 0.0550. The summed E-state index contributed by atoms with van der Waals surface area (Å²) >= 11 is 0. The average molecular weight is 566 g/mol. The van der Waals surface area contributed by atoms with Crippen molar-refractivity contribution in [1.82, 2.24) is 5.43 Å². The molecule has 0 aromatic heterocycles. The van der Waals surface area contributed by atoms with Crippen molar-refractivity contribution in [1.29, 1.82) is 0 Å². The number of carbonyl (C=O) groups excluding carboxylic acids is 1. The molecular weight excluding hydrogens is 534 g/mol. The summed E-state index contributed by atoms with van der Waals surface area (Å²) in [5, 5.41) is 15.4. The van der Waals surface area contributed by atoms with Crippen LogP contribution in [-0.2, 0) is 19.6 Å². The Hall–Kier alpha value is -4.29. The molecule has 0 saturated carbocycles. The van der Waals surface area contributed by atoms with Crippen molar-refractivity contribution >= 4 is 39.2 Å². The molecule has 0 aliphatic carbocycles. The van der Waals surface area contributed by atoms with E-state index in [9.17, 15) is 23.3 Å². The monoisotopic (exact) mass is 565 g/mol. The van der Waals surface area contributed by atoms with Crippen LogP contribution in [0.4, 0.5) is 17.1 Å². The van der Waals surface area contributed by atoms with Crippen LogP contribution in [-0.4, -0.2) is 58.3 Å². The Morgan fingerprint density at radius 3 is 2.40 bits per heavy atom. The summed E-state index contributed by atoms with van der Waals surface area (Å²) in [7, 11) is -4.08. The smallest absolute Gasteiger partial charge is 0.270 e. The number of hydrazone groups is 1. The average Bonchev–Trinajstić information content (AvgIpc) is 2.94. The predicted molar refractivity (Wildman–Crippen MR) is 153 cm³/mol. The van der Waals surface area contributed by atoms with Crippen LogP contribution in [0.2, 0.25) is 0 Å². The number of sulfonamides is 1. The SMILES string of the molecule is Cc1ccc(S(=O)(=O)N(CC(=O)N/N=C\c2cc([N+](=O)[O-])ccc2N2CCOCC2)c2ccc(C)c(C)c2)cc1. The first-order valence-corrected chi connectivity index (χ1v) is 14.1. The molecule has 0 spiro atoms. The lowest BCUT2D eigenvalue weighted by atomic mass is 10.1. The zero-order valence-electron chi connectivity index (χ0n) is 22.5. The van der Waals surface area contributed by atoms with Gasteiger partial charge in [-0.3, -0.25) is 19.2 Å². The van der Waals surface area contributed by atoms with Gasteiger partial charge in [0.25, 0.3) is 21.6 Å². The molecule has 1 heterocycles. The number of nitro benzene ring substituents is 1. The molecule has 0 radical (unpaired) electrons. The number of morpholine rings is 1. The van der Waals surface area contributed by atoms with Crippen LogP contribution in [0.3, 0.4) is 0 Å². The molecule has 1 aliphatic heterocycles. The number of nitro groups is 1. The highest BCUT2D eigenvalue weighted by atomic mass is 32.2. The molecule has 1 aliphatic rings. The summed E-state index contributed by atoms with van der Waals surface area (Å²) in [5.41, 5.74) is 6.53. The van der Waals surface area contributed by atoms with E-state index in [1.165, 1.54) is 30.5 Å². The highest BCUT2D eigenvalue weighted by Gasteiger charge is 2.27. The van der Waals surface area contributed by atoms with E-state index in [2.05, 4.69) is 10.5 Å². The minimum Gasteiger partial charge on any atom is -0.378 e. The van der Waals surface area contributed by atoms with Gasteiger partial charge in [-0.25, -0.2) is 13.8 Å². The third-order valence-electron chi connectivity index (χ3n) is 6.64. The predicted octanol–water partition coefficient (Wildman–Crippen LogP) is 3.70. The lowest BCUT2D eigenvalue weighted by Gasteiger charge is -2.29. The second-order valence-electron chi connectivity index (χ2n) is 9.49. The molecule has 1 N–H and O–H groups in total. The summed E-state index contributed by atoms with van der Waals surface area (Å²) < 4.78 is 33.7. The summed E-state index contributed by atoms with van der Waals surface area (Å²) in [4.78, 5) is 25.9. The quantitative estimate of drug-likeness (QED) is 0.237. The molecule has 1 saturated heterocycles. The van der Waals surface area contributed by atoms with Crippen LogP contribution < -0.4 is 14.6 Å². The van der Waals surface area contributed by atoms with Crippen LogP contribution in [0.15, 0.2) is 70.7 Å². The lowest BCUT2D eigenvalue weighted by molar-refractivity contribution is -0.384. The normalized spacial score (nSPS) is 13.8. The number of rotatable bonds is 9. The molecule has 1 fully saturated rings. The first kappa shape index (κ1) is 28.7. The Morgan fingerprint density at radius 2 is 1.75 bits per heavy atom. The number of hydrogen-bond acceptors (Lipinski definition) is 8. The van der Waals surface area contributed by atoms with E-state index < -0.39 is 27.4 Å². The standard InChI is InChI=1S/C28H31N5O6S/c1-20-4-9-26(10-5-20)40(37,38)32(24-7-6-21(2)22(3)16-24)19-28(34)30-29-18-23-17-25(33(35)36)8-11-27(23)31-12-14-39-15-13-31/h4-11,16-18H,12-15,19H2,1-3H3,(H,30,34)/b29-18-. The van der Waals surface area contributed by atoms with E-state index in [-0.39, 0.29) is 10.6 Å². The number of anilines is 2. The largest absolute Gasteiger partial charge is 0.378 e. The fourth-order valence-electron chi connectivity index (χ4n) is 4.22. The summed E-state index contributed by atoms with van der Waals surface area (Å²) in [6, 6.07) is 16.0. The van der Waals surface area contributed by atoms with Crippen molar-refractivity contribution in [2.24, 2.45) is 5.10 Å². The Balaban J connectivity index is 1.59. The fraction of sp³-hybridized carbons (Fsp3) is 0.286. The third kappa shape index (κ3) is 6.64. The molecular formula is C28H31N5O6S. The molecule has 40 heavy (non-hydrogen) atoms. The maximum atomic E-state index is 13.6. The van der Waals surface area contributed by atoms with Gasteiger partial charge in [-0.2, -0.15) is 5.10 Å². The lowest BCUT2D eigenvalue weighted by Crippen LogP contribution is -2.39. The van der Waals surface area contributed by atoms with Gasteiger partial charge in [0.1, 0.15) is 6.54 Å². The summed E-state index contributed by atoms with van der Waals surface area (Å²) in [6.45, 7) is 7.36. The molecule has 0 unspecified atom stereocenters. The van der Waals surface area contributed by atoms with E-state index in [4.69, 9.17) is 4.74 Å². The Kier molecular flexibility index (Phi) is 8.80. The van der Waals surface area contributed by atoms with E-state index in [0.717, 1.165) is 21.0 Å². The van der Waals surface area contributed by atoms with Crippen LogP contribution in [0.25, 0.3) is 0 Å². The zero-order valence-corrected chi connectivity index (χ0v) is 23.3. The van der Waals surface area contributed by atoms with Gasteiger partial charge in [0.15, 0.2) is 0 Å². The fourth-order valence-corrected chi connectivity index (χ4v) is 5.64. The van der Waals surface area contributed by atoms with Crippen molar-refractivity contribution in [3.8, 4) is 0 Å². The molecule has 4 rings (SSSR count). The zero-order chi connectivity index (χ0) is 28.9. The molecule has 0 atom stereocenters. The Morgan fingerprint density at radius 1 is 1.05 bits per heavy atom. The highest BCUT2D eigenvalue weighted by molar-refractivity contribution is 7.92. The van der Waals surface area contributed by atoms with Gasteiger partial charge < -0.3 is 9.64 Å². The van der Waals surface area contributed by atoms with Crippen LogP contribution in [0.5, 0.6) is 0 Å². The van der Waals surface area contributed by atoms with Crippen molar-refractivity contribution in [2.45, 2.75) is 25.7 Å². The van der Waals surface area contributed by atoms with E-state index in [0.29, 0.717) is 43.2 Å². The summed E-state index contributed by atoms with van der Waals surface area (Å²) in [5.74, 6) is -0.677. The number of hydrogen-bond donors (Lipinski definition) is 1. The van der Waals surface area contributed by atoms with Crippen molar-refractivity contribution in [2.75, 3.05) is 42.1 Å². The molecule has 12 heteroatoms. The number of carbonyl (C=O) groups is 1. The number of nitrogens with one attached hydrogen (secondary N) is 1. The van der Waals surface area contributed by atoms with Crippen LogP contribution in [0.1, 0.15) is 22.3 Å². The number of nitrogens with zero attached hydrogens (tertiary/aromatic N) is 4. The van der Waals surface area contributed by atoms with Gasteiger partial charge >= 0.3 is 0 Å². The third-order valence-corrected chi connectivity index (χ3v) is 8.43. The number of amides is 1. The number of benzene rings is 3. The molecule has 3 aromatic rings. The van der Waals surface area contributed by atoms with Crippen molar-refractivity contribution in [3.63, 3.8) is 0 Å². The maximum absolute atomic E-state index is 13.6. The van der Waals surface area contributed by atoms with E-state index >= 15 is 0 Å². The molecule has 1 amide bonds. The van der Waals surface area contributed by atoms with Crippen LogP contribution >= 0.6 is 0 Å². The number of aryl methyl sites for hydroxylation is 3. The molecule has 3 aromatic carbocycles. The van der Waals surface area contributed by atoms with Gasteiger partial charge in [-0.15, -0.1) is 0 Å². The topological polar surface area (TPSA) is 134 Å². The van der Waals surface area contributed by atoms with Gasteiger partial charge in [-0.05, 0) is 62.2 Å².